The van der Waals surface area contributed by atoms with Gasteiger partial charge in [-0.25, -0.2) is 0 Å². The molecule has 1 unspecified atom stereocenters. The van der Waals surface area contributed by atoms with Crippen LogP contribution in [0, 0.1) is 11.3 Å². The fourth-order valence-electron chi connectivity index (χ4n) is 1.72. The predicted octanol–water partition coefficient (Wildman–Crippen LogP) is 3.65. The average molecular weight is 294 g/mol. The van der Waals surface area contributed by atoms with Crippen LogP contribution in [0.1, 0.15) is 22.8 Å². The first-order chi connectivity index (χ1) is 9.04. The number of rotatable bonds is 2. The van der Waals surface area contributed by atoms with Crippen molar-refractivity contribution in [3.8, 4) is 11.8 Å². The molecule has 0 saturated carbocycles. The van der Waals surface area contributed by atoms with Gasteiger partial charge in [-0.1, -0.05) is 35.3 Å². The normalized spacial score (nSPS) is 11.9. The summed E-state index contributed by atoms with van der Waals surface area (Å²) in [5.41, 5.74) is 1.15. The molecule has 5 heteroatoms. The fourth-order valence-corrected chi connectivity index (χ4v) is 2.15. The molecular formula is C14H9Cl2NO2. The molecule has 0 amide bonds. The molecule has 0 aliphatic rings. The van der Waals surface area contributed by atoms with Gasteiger partial charge < -0.3 is 10.2 Å². The second-order valence-corrected chi connectivity index (χ2v) is 4.72. The molecule has 2 rings (SSSR count). The molecule has 3 nitrogen and oxygen atoms in total. The summed E-state index contributed by atoms with van der Waals surface area (Å²) in [6, 6.07) is 11.2. The Balaban J connectivity index is 2.47. The van der Waals surface area contributed by atoms with Crippen molar-refractivity contribution < 1.29 is 10.2 Å². The molecule has 0 heterocycles. The van der Waals surface area contributed by atoms with Crippen molar-refractivity contribution in [3.63, 3.8) is 0 Å². The minimum atomic E-state index is -1.11. The molecular weight excluding hydrogens is 285 g/mol. The summed E-state index contributed by atoms with van der Waals surface area (Å²) in [4.78, 5) is 0. The first-order valence-electron chi connectivity index (χ1n) is 5.39. The van der Waals surface area contributed by atoms with Crippen molar-refractivity contribution in [2.75, 3.05) is 0 Å². The molecule has 2 aromatic rings. The molecule has 0 bridgehead atoms. The smallest absolute Gasteiger partial charge is 0.123 e. The Hall–Kier alpha value is -1.73. The van der Waals surface area contributed by atoms with Crippen LogP contribution in [0.15, 0.2) is 36.4 Å². The van der Waals surface area contributed by atoms with Crippen molar-refractivity contribution in [2.24, 2.45) is 0 Å². The Labute approximate surface area is 120 Å². The van der Waals surface area contributed by atoms with E-state index in [4.69, 9.17) is 28.5 Å². The van der Waals surface area contributed by atoms with Gasteiger partial charge in [-0.2, -0.15) is 5.26 Å². The minimum Gasteiger partial charge on any atom is -0.508 e. The van der Waals surface area contributed by atoms with Gasteiger partial charge in [-0.3, -0.25) is 0 Å². The van der Waals surface area contributed by atoms with Gasteiger partial charge in [-0.15, -0.1) is 0 Å². The van der Waals surface area contributed by atoms with Gasteiger partial charge in [0.25, 0.3) is 0 Å². The van der Waals surface area contributed by atoms with Gasteiger partial charge in [0, 0.05) is 5.56 Å². The zero-order valence-corrected chi connectivity index (χ0v) is 11.2. The van der Waals surface area contributed by atoms with Crippen LogP contribution in [0.25, 0.3) is 0 Å². The maximum Gasteiger partial charge on any atom is 0.123 e. The molecule has 2 aromatic carbocycles. The third-order valence-corrected chi connectivity index (χ3v) is 3.56. The average Bonchev–Trinajstić information content (AvgIpc) is 2.43. The van der Waals surface area contributed by atoms with Crippen LogP contribution in [0.4, 0.5) is 0 Å². The maximum atomic E-state index is 10.3. The van der Waals surface area contributed by atoms with Crippen LogP contribution in [-0.2, 0) is 0 Å². The second-order valence-electron chi connectivity index (χ2n) is 3.93. The third-order valence-electron chi connectivity index (χ3n) is 2.74. The summed E-state index contributed by atoms with van der Waals surface area (Å²) < 4.78 is 0. The first-order valence-corrected chi connectivity index (χ1v) is 6.15. The Morgan fingerprint density at radius 3 is 2.26 bits per heavy atom. The van der Waals surface area contributed by atoms with Crippen LogP contribution >= 0.6 is 23.2 Å². The van der Waals surface area contributed by atoms with E-state index in [1.54, 1.807) is 24.3 Å². The number of aromatic hydroxyl groups is 1. The number of nitrogens with zero attached hydrogens (tertiary/aromatic N) is 1. The first kappa shape index (κ1) is 13.7. The molecule has 0 spiro atoms. The van der Waals surface area contributed by atoms with E-state index in [0.29, 0.717) is 11.1 Å². The summed E-state index contributed by atoms with van der Waals surface area (Å²) in [6.45, 7) is 0. The minimum absolute atomic E-state index is 0.110. The molecule has 96 valence electrons. The molecule has 0 aliphatic carbocycles. The SMILES string of the molecule is N#Cc1ccc(C(O)c2c(O)ccc(Cl)c2Cl)cc1. The van der Waals surface area contributed by atoms with E-state index in [0.717, 1.165) is 0 Å². The van der Waals surface area contributed by atoms with Gasteiger partial charge in [-0.05, 0) is 29.8 Å². The van der Waals surface area contributed by atoms with Crippen molar-refractivity contribution in [3.05, 3.63) is 63.1 Å². The molecule has 0 radical (unpaired) electrons. The number of nitriles is 1. The summed E-state index contributed by atoms with van der Waals surface area (Å²) in [5.74, 6) is -0.133. The number of phenols is 1. The van der Waals surface area contributed by atoms with Crippen LogP contribution in [0.2, 0.25) is 10.0 Å². The number of aliphatic hydroxyl groups excluding tert-OH is 1. The highest BCUT2D eigenvalue weighted by Gasteiger charge is 2.20. The van der Waals surface area contributed by atoms with Crippen LogP contribution in [0.5, 0.6) is 5.75 Å². The molecule has 0 fully saturated rings. The fraction of sp³-hybridized carbons (Fsp3) is 0.0714. The highest BCUT2D eigenvalue weighted by Crippen LogP contribution is 2.39. The lowest BCUT2D eigenvalue weighted by Crippen LogP contribution is -2.01. The lowest BCUT2D eigenvalue weighted by Gasteiger charge is -2.15. The number of hydrogen-bond acceptors (Lipinski definition) is 3. The van der Waals surface area contributed by atoms with E-state index in [1.165, 1.54) is 12.1 Å². The zero-order valence-electron chi connectivity index (χ0n) is 9.64. The summed E-state index contributed by atoms with van der Waals surface area (Å²) >= 11 is 11.9. The zero-order chi connectivity index (χ0) is 14.0. The quantitative estimate of drug-likeness (QED) is 0.888. The van der Waals surface area contributed by atoms with E-state index in [-0.39, 0.29) is 21.4 Å². The highest BCUT2D eigenvalue weighted by atomic mass is 35.5. The number of aliphatic hydroxyl groups is 1. The van der Waals surface area contributed by atoms with E-state index in [2.05, 4.69) is 0 Å². The Morgan fingerprint density at radius 2 is 1.68 bits per heavy atom. The number of phenolic OH excluding ortho intramolecular Hbond substituents is 1. The van der Waals surface area contributed by atoms with Crippen LogP contribution in [0.3, 0.4) is 0 Å². The second kappa shape index (κ2) is 5.50. The molecule has 2 N–H and O–H groups in total. The van der Waals surface area contributed by atoms with E-state index >= 15 is 0 Å². The van der Waals surface area contributed by atoms with Crippen molar-refractivity contribution >= 4 is 23.2 Å². The van der Waals surface area contributed by atoms with E-state index in [1.807, 2.05) is 6.07 Å². The van der Waals surface area contributed by atoms with Gasteiger partial charge >= 0.3 is 0 Å². The summed E-state index contributed by atoms with van der Waals surface area (Å²) in [6.07, 6.45) is -1.11. The van der Waals surface area contributed by atoms with Gasteiger partial charge in [0.2, 0.25) is 0 Å². The largest absolute Gasteiger partial charge is 0.508 e. The molecule has 0 saturated heterocycles. The monoisotopic (exact) mass is 293 g/mol. The number of benzene rings is 2. The van der Waals surface area contributed by atoms with Crippen molar-refractivity contribution in [1.29, 1.82) is 5.26 Å². The van der Waals surface area contributed by atoms with E-state index in [9.17, 15) is 10.2 Å². The van der Waals surface area contributed by atoms with Crippen LogP contribution in [-0.4, -0.2) is 10.2 Å². The van der Waals surface area contributed by atoms with Gasteiger partial charge in [0.05, 0.1) is 21.7 Å². The Kier molecular flexibility index (Phi) is 3.96. The predicted molar refractivity (Wildman–Crippen MR) is 73.3 cm³/mol. The third kappa shape index (κ3) is 2.66. The molecule has 0 aliphatic heterocycles. The standard InChI is InChI=1S/C14H9Cl2NO2/c15-10-5-6-11(18)12(13(10)16)14(19)9-3-1-8(7-17)2-4-9/h1-6,14,18-19H. The molecule has 1 atom stereocenters. The number of halogens is 2. The summed E-state index contributed by atoms with van der Waals surface area (Å²) in [7, 11) is 0. The lowest BCUT2D eigenvalue weighted by molar-refractivity contribution is 0.215. The Bertz CT molecular complexity index is 648. The summed E-state index contributed by atoms with van der Waals surface area (Å²) in [5, 5.41) is 29.1. The molecule has 0 aromatic heterocycles. The van der Waals surface area contributed by atoms with Gasteiger partial charge in [0.15, 0.2) is 0 Å². The topological polar surface area (TPSA) is 64.2 Å². The lowest BCUT2D eigenvalue weighted by atomic mass is 9.99. The Morgan fingerprint density at radius 1 is 1.05 bits per heavy atom. The van der Waals surface area contributed by atoms with Gasteiger partial charge in [0.1, 0.15) is 11.9 Å². The van der Waals surface area contributed by atoms with E-state index < -0.39 is 6.10 Å². The van der Waals surface area contributed by atoms with Crippen molar-refractivity contribution in [1.82, 2.24) is 0 Å². The highest BCUT2D eigenvalue weighted by molar-refractivity contribution is 6.42. The number of hydrogen-bond donors (Lipinski definition) is 2. The molecule has 19 heavy (non-hydrogen) atoms. The van der Waals surface area contributed by atoms with Crippen molar-refractivity contribution in [2.45, 2.75) is 6.10 Å². The van der Waals surface area contributed by atoms with Crippen LogP contribution < -0.4 is 0 Å². The maximum absolute atomic E-state index is 10.3.